The number of carbonyl (C=O) groups excluding carboxylic acids is 3. The molecule has 7 heteroatoms. The van der Waals surface area contributed by atoms with Crippen LogP contribution >= 0.6 is 0 Å². The van der Waals surface area contributed by atoms with Crippen molar-refractivity contribution in [2.45, 2.75) is 13.3 Å². The third-order valence-electron chi connectivity index (χ3n) is 5.90. The molecule has 3 amide bonds. The van der Waals surface area contributed by atoms with E-state index >= 15 is 0 Å². The molecule has 0 aromatic heterocycles. The Bertz CT molecular complexity index is 1080. The highest BCUT2D eigenvalue weighted by Crippen LogP contribution is 2.40. The van der Waals surface area contributed by atoms with Crippen LogP contribution in [0.2, 0.25) is 0 Å². The van der Waals surface area contributed by atoms with E-state index in [0.717, 1.165) is 0 Å². The molecule has 0 saturated carbocycles. The molecule has 2 aromatic carbocycles. The van der Waals surface area contributed by atoms with Crippen LogP contribution in [0, 0.1) is 17.8 Å². The number of rotatable bonds is 5. The number of ether oxygens (including phenoxy) is 2. The molecule has 0 radical (unpaired) electrons. The van der Waals surface area contributed by atoms with Crippen LogP contribution in [0.3, 0.4) is 0 Å². The predicted octanol–water partition coefficient (Wildman–Crippen LogP) is 3.66. The van der Waals surface area contributed by atoms with Gasteiger partial charge in [-0.2, -0.15) is 0 Å². The lowest BCUT2D eigenvalue weighted by molar-refractivity contribution is -0.122. The molecule has 1 aliphatic carbocycles. The number of hydrogen-bond acceptors (Lipinski definition) is 5. The lowest BCUT2D eigenvalue weighted by Crippen LogP contribution is -2.31. The first-order chi connectivity index (χ1) is 14.9. The van der Waals surface area contributed by atoms with Gasteiger partial charge in [-0.3, -0.25) is 19.3 Å². The van der Waals surface area contributed by atoms with Crippen molar-refractivity contribution in [2.24, 2.45) is 17.8 Å². The van der Waals surface area contributed by atoms with Crippen LogP contribution < -0.4 is 19.7 Å². The SMILES string of the molecule is COc1ccc(NC(=O)c2cccc(N3C(=O)[C@H]4[C@H](CC=C[C@@H]4C)C3=O)c2)c(OC)c1. The van der Waals surface area contributed by atoms with Gasteiger partial charge in [-0.1, -0.05) is 25.1 Å². The quantitative estimate of drug-likeness (QED) is 0.589. The first kappa shape index (κ1) is 20.7. The average Bonchev–Trinajstić information content (AvgIpc) is 3.05. The van der Waals surface area contributed by atoms with E-state index in [0.29, 0.717) is 34.9 Å². The van der Waals surface area contributed by atoms with Gasteiger partial charge in [-0.15, -0.1) is 0 Å². The highest BCUT2D eigenvalue weighted by Gasteiger charge is 2.50. The van der Waals surface area contributed by atoms with Gasteiger partial charge in [-0.05, 0) is 42.7 Å². The Morgan fingerprint density at radius 3 is 2.58 bits per heavy atom. The van der Waals surface area contributed by atoms with Gasteiger partial charge in [0.25, 0.3) is 5.91 Å². The molecule has 31 heavy (non-hydrogen) atoms. The molecular weight excluding hydrogens is 396 g/mol. The van der Waals surface area contributed by atoms with Crippen molar-refractivity contribution in [1.82, 2.24) is 0 Å². The Morgan fingerprint density at radius 1 is 1.06 bits per heavy atom. The standard InChI is InChI=1S/C24H24N2O5/c1-14-6-4-9-18-21(14)24(29)26(23(18)28)16-8-5-7-15(12-16)22(27)25-19-11-10-17(30-2)13-20(19)31-3/h4-8,10-14,18,21H,9H2,1-3H3,(H,25,27)/t14-,18-,21+/m0/s1. The summed E-state index contributed by atoms with van der Waals surface area (Å²) in [4.78, 5) is 40.1. The first-order valence-electron chi connectivity index (χ1n) is 10.1. The predicted molar refractivity (Wildman–Crippen MR) is 116 cm³/mol. The number of methoxy groups -OCH3 is 2. The number of allylic oxidation sites excluding steroid dienone is 2. The summed E-state index contributed by atoms with van der Waals surface area (Å²) in [6, 6.07) is 11.6. The molecule has 0 spiro atoms. The highest BCUT2D eigenvalue weighted by atomic mass is 16.5. The summed E-state index contributed by atoms with van der Waals surface area (Å²) >= 11 is 0. The van der Waals surface area contributed by atoms with E-state index in [1.807, 2.05) is 19.1 Å². The number of imide groups is 1. The lowest BCUT2D eigenvalue weighted by Gasteiger charge is -2.22. The Morgan fingerprint density at radius 2 is 1.87 bits per heavy atom. The zero-order valence-corrected chi connectivity index (χ0v) is 17.6. The minimum atomic E-state index is -0.378. The van der Waals surface area contributed by atoms with Crippen molar-refractivity contribution in [1.29, 1.82) is 0 Å². The summed E-state index contributed by atoms with van der Waals surface area (Å²) in [5.41, 5.74) is 1.22. The Balaban J connectivity index is 1.59. The van der Waals surface area contributed by atoms with Crippen LogP contribution in [-0.4, -0.2) is 31.9 Å². The summed E-state index contributed by atoms with van der Waals surface area (Å²) in [6.07, 6.45) is 4.52. The first-order valence-corrected chi connectivity index (χ1v) is 10.1. The minimum absolute atomic E-state index is 0.00854. The van der Waals surface area contributed by atoms with E-state index in [1.165, 1.54) is 12.0 Å². The molecule has 4 rings (SSSR count). The van der Waals surface area contributed by atoms with E-state index < -0.39 is 0 Å². The van der Waals surface area contributed by atoms with Gasteiger partial charge < -0.3 is 14.8 Å². The smallest absolute Gasteiger partial charge is 0.255 e. The summed E-state index contributed by atoms with van der Waals surface area (Å²) in [7, 11) is 3.05. The number of amides is 3. The van der Waals surface area contributed by atoms with Crippen molar-refractivity contribution < 1.29 is 23.9 Å². The summed E-state index contributed by atoms with van der Waals surface area (Å²) in [5.74, 6) is -0.410. The second-order valence-electron chi connectivity index (χ2n) is 7.74. The largest absolute Gasteiger partial charge is 0.497 e. The van der Waals surface area contributed by atoms with E-state index in [1.54, 1.807) is 49.6 Å². The normalized spacial score (nSPS) is 22.3. The second-order valence-corrected chi connectivity index (χ2v) is 7.74. The second kappa shape index (κ2) is 8.26. The number of carbonyl (C=O) groups is 3. The Labute approximate surface area is 180 Å². The van der Waals surface area contributed by atoms with Crippen LogP contribution in [0.25, 0.3) is 0 Å². The van der Waals surface area contributed by atoms with Crippen molar-refractivity contribution in [3.05, 3.63) is 60.2 Å². The molecule has 0 unspecified atom stereocenters. The van der Waals surface area contributed by atoms with E-state index in [-0.39, 0.29) is 35.5 Å². The molecule has 3 atom stereocenters. The van der Waals surface area contributed by atoms with Crippen LogP contribution in [0.15, 0.2) is 54.6 Å². The summed E-state index contributed by atoms with van der Waals surface area (Å²) < 4.78 is 10.5. The number of nitrogens with one attached hydrogen (secondary N) is 1. The Hall–Kier alpha value is -3.61. The zero-order chi connectivity index (χ0) is 22.1. The van der Waals surface area contributed by atoms with Gasteiger partial charge in [0, 0.05) is 11.6 Å². The fraction of sp³-hybridized carbons (Fsp3) is 0.292. The number of anilines is 2. The van der Waals surface area contributed by atoms with Gasteiger partial charge in [0.2, 0.25) is 11.8 Å². The van der Waals surface area contributed by atoms with Crippen molar-refractivity contribution in [3.63, 3.8) is 0 Å². The van der Waals surface area contributed by atoms with Gasteiger partial charge in [-0.25, -0.2) is 0 Å². The maximum atomic E-state index is 13.0. The molecule has 7 nitrogen and oxygen atoms in total. The third kappa shape index (κ3) is 3.67. The molecule has 2 aliphatic rings. The molecule has 160 valence electrons. The van der Waals surface area contributed by atoms with Crippen molar-refractivity contribution in [3.8, 4) is 11.5 Å². The molecule has 1 heterocycles. The molecular formula is C24H24N2O5. The van der Waals surface area contributed by atoms with E-state index in [9.17, 15) is 14.4 Å². The molecule has 1 saturated heterocycles. The monoisotopic (exact) mass is 420 g/mol. The van der Waals surface area contributed by atoms with Gasteiger partial charge >= 0.3 is 0 Å². The average molecular weight is 420 g/mol. The van der Waals surface area contributed by atoms with Crippen LogP contribution in [0.5, 0.6) is 11.5 Å². The number of fused-ring (bicyclic) bond motifs is 1. The summed E-state index contributed by atoms with van der Waals surface area (Å²) in [6.45, 7) is 1.95. The molecule has 1 N–H and O–H groups in total. The van der Waals surface area contributed by atoms with Gasteiger partial charge in [0.1, 0.15) is 11.5 Å². The fourth-order valence-corrected chi connectivity index (χ4v) is 4.28. The molecule has 1 fully saturated rings. The number of hydrogen-bond donors (Lipinski definition) is 1. The summed E-state index contributed by atoms with van der Waals surface area (Å²) in [5, 5.41) is 2.81. The minimum Gasteiger partial charge on any atom is -0.497 e. The molecule has 2 aromatic rings. The molecule has 1 aliphatic heterocycles. The van der Waals surface area contributed by atoms with Crippen LogP contribution in [-0.2, 0) is 9.59 Å². The van der Waals surface area contributed by atoms with E-state index in [4.69, 9.17) is 9.47 Å². The van der Waals surface area contributed by atoms with Crippen LogP contribution in [0.4, 0.5) is 11.4 Å². The fourth-order valence-electron chi connectivity index (χ4n) is 4.28. The van der Waals surface area contributed by atoms with Crippen molar-refractivity contribution in [2.75, 3.05) is 24.4 Å². The van der Waals surface area contributed by atoms with Crippen molar-refractivity contribution >= 4 is 29.1 Å². The topological polar surface area (TPSA) is 84.9 Å². The van der Waals surface area contributed by atoms with E-state index in [2.05, 4.69) is 5.32 Å². The van der Waals surface area contributed by atoms with Gasteiger partial charge in [0.05, 0.1) is 37.4 Å². The lowest BCUT2D eigenvalue weighted by atomic mass is 9.78. The van der Waals surface area contributed by atoms with Crippen LogP contribution in [0.1, 0.15) is 23.7 Å². The van der Waals surface area contributed by atoms with Gasteiger partial charge in [0.15, 0.2) is 0 Å². The highest BCUT2D eigenvalue weighted by molar-refractivity contribution is 6.22. The molecule has 0 bridgehead atoms. The number of benzene rings is 2. The maximum absolute atomic E-state index is 13.0. The Kier molecular flexibility index (Phi) is 5.50. The zero-order valence-electron chi connectivity index (χ0n) is 17.6. The number of nitrogens with zero attached hydrogens (tertiary/aromatic N) is 1. The third-order valence-corrected chi connectivity index (χ3v) is 5.90. The maximum Gasteiger partial charge on any atom is 0.255 e.